The van der Waals surface area contributed by atoms with Crippen molar-refractivity contribution >= 4 is 5.95 Å². The Morgan fingerprint density at radius 1 is 1.19 bits per heavy atom. The molecule has 4 heteroatoms. The summed E-state index contributed by atoms with van der Waals surface area (Å²) in [6.07, 6.45) is 8.58. The summed E-state index contributed by atoms with van der Waals surface area (Å²) in [7, 11) is 0. The van der Waals surface area contributed by atoms with Crippen molar-refractivity contribution in [3.8, 4) is 0 Å². The van der Waals surface area contributed by atoms with Gasteiger partial charge < -0.3 is 9.88 Å². The molecule has 3 rings (SSSR count). The van der Waals surface area contributed by atoms with Crippen molar-refractivity contribution in [2.24, 2.45) is 0 Å². The van der Waals surface area contributed by atoms with Gasteiger partial charge in [-0.05, 0) is 37.5 Å². The molecule has 1 aliphatic carbocycles. The molecular formula is C17H22FN3. The van der Waals surface area contributed by atoms with Gasteiger partial charge in [0.05, 0.1) is 5.69 Å². The first-order valence-electron chi connectivity index (χ1n) is 7.76. The lowest BCUT2D eigenvalue weighted by Gasteiger charge is -2.24. The van der Waals surface area contributed by atoms with E-state index in [1.54, 1.807) is 0 Å². The molecule has 0 unspecified atom stereocenters. The van der Waals surface area contributed by atoms with Gasteiger partial charge >= 0.3 is 0 Å². The summed E-state index contributed by atoms with van der Waals surface area (Å²) < 4.78 is 15.2. The fourth-order valence-electron chi connectivity index (χ4n) is 3.07. The van der Waals surface area contributed by atoms with E-state index >= 15 is 0 Å². The zero-order valence-corrected chi connectivity index (χ0v) is 12.5. The van der Waals surface area contributed by atoms with Gasteiger partial charge in [-0.25, -0.2) is 9.37 Å². The molecule has 3 nitrogen and oxygen atoms in total. The fourth-order valence-corrected chi connectivity index (χ4v) is 3.07. The molecule has 21 heavy (non-hydrogen) atoms. The molecule has 0 spiro atoms. The molecule has 112 valence electrons. The number of aryl methyl sites for hydroxylation is 1. The Kier molecular flexibility index (Phi) is 4.23. The predicted molar refractivity (Wildman–Crippen MR) is 82.8 cm³/mol. The van der Waals surface area contributed by atoms with Crippen LogP contribution in [0.4, 0.5) is 10.3 Å². The van der Waals surface area contributed by atoms with Crippen molar-refractivity contribution < 1.29 is 4.39 Å². The summed E-state index contributed by atoms with van der Waals surface area (Å²) in [5.41, 5.74) is 2.11. The summed E-state index contributed by atoms with van der Waals surface area (Å²) in [4.78, 5) is 4.60. The number of rotatable bonds is 4. The molecule has 0 amide bonds. The number of hydrogen-bond donors (Lipinski definition) is 1. The van der Waals surface area contributed by atoms with Gasteiger partial charge in [0, 0.05) is 18.8 Å². The van der Waals surface area contributed by atoms with Crippen molar-refractivity contribution in [3.63, 3.8) is 0 Å². The Morgan fingerprint density at radius 3 is 2.62 bits per heavy atom. The molecular weight excluding hydrogens is 265 g/mol. The van der Waals surface area contributed by atoms with Gasteiger partial charge in [-0.3, -0.25) is 0 Å². The van der Waals surface area contributed by atoms with Crippen LogP contribution in [0.5, 0.6) is 0 Å². The van der Waals surface area contributed by atoms with E-state index in [2.05, 4.69) is 21.1 Å². The standard InChI is InChI=1S/C17H22FN3/c1-13-12-21(16-5-3-2-4-6-16)17(20-13)19-11-14-7-9-15(18)10-8-14/h7-10,12,16H,2-6,11H2,1H3,(H,19,20). The molecule has 1 N–H and O–H groups in total. The smallest absolute Gasteiger partial charge is 0.203 e. The van der Waals surface area contributed by atoms with Crippen LogP contribution >= 0.6 is 0 Å². The number of aromatic nitrogens is 2. The molecule has 2 aromatic rings. The molecule has 0 atom stereocenters. The van der Waals surface area contributed by atoms with E-state index in [9.17, 15) is 4.39 Å². The van der Waals surface area contributed by atoms with E-state index in [1.807, 2.05) is 19.1 Å². The lowest BCUT2D eigenvalue weighted by molar-refractivity contribution is 0.355. The predicted octanol–water partition coefficient (Wildman–Crippen LogP) is 4.45. The normalized spacial score (nSPS) is 16.1. The molecule has 1 fully saturated rings. The lowest BCUT2D eigenvalue weighted by Crippen LogP contribution is -2.15. The molecule has 1 aliphatic rings. The average molecular weight is 287 g/mol. The van der Waals surface area contributed by atoms with Crippen molar-refractivity contribution in [1.29, 1.82) is 0 Å². The minimum Gasteiger partial charge on any atom is -0.352 e. The SMILES string of the molecule is Cc1cn(C2CCCCC2)c(NCc2ccc(F)cc2)n1. The number of hydrogen-bond acceptors (Lipinski definition) is 2. The number of anilines is 1. The van der Waals surface area contributed by atoms with Gasteiger partial charge in [0.25, 0.3) is 0 Å². The molecule has 1 saturated carbocycles. The van der Waals surface area contributed by atoms with Gasteiger partial charge in [0.1, 0.15) is 5.82 Å². The first kappa shape index (κ1) is 14.1. The zero-order chi connectivity index (χ0) is 14.7. The summed E-state index contributed by atoms with van der Waals surface area (Å²) in [5.74, 6) is 0.738. The van der Waals surface area contributed by atoms with E-state index in [-0.39, 0.29) is 5.82 Å². The molecule has 1 aromatic carbocycles. The van der Waals surface area contributed by atoms with E-state index in [1.165, 1.54) is 44.2 Å². The third-order valence-corrected chi connectivity index (χ3v) is 4.18. The van der Waals surface area contributed by atoms with Crippen LogP contribution in [0.15, 0.2) is 30.5 Å². The monoisotopic (exact) mass is 287 g/mol. The molecule has 0 radical (unpaired) electrons. The van der Waals surface area contributed by atoms with Gasteiger partial charge in [0.2, 0.25) is 5.95 Å². The second-order valence-corrected chi connectivity index (χ2v) is 5.89. The number of imidazole rings is 1. The number of nitrogens with one attached hydrogen (secondary N) is 1. The van der Waals surface area contributed by atoms with Gasteiger partial charge in [-0.2, -0.15) is 0 Å². The van der Waals surface area contributed by atoms with Crippen LogP contribution in [0, 0.1) is 12.7 Å². The highest BCUT2D eigenvalue weighted by atomic mass is 19.1. The molecule has 1 heterocycles. The minimum absolute atomic E-state index is 0.196. The topological polar surface area (TPSA) is 29.9 Å². The van der Waals surface area contributed by atoms with Crippen molar-refractivity contribution in [1.82, 2.24) is 9.55 Å². The van der Waals surface area contributed by atoms with Crippen LogP contribution in [0.25, 0.3) is 0 Å². The summed E-state index contributed by atoms with van der Waals surface area (Å²) in [5, 5.41) is 3.40. The van der Waals surface area contributed by atoms with Crippen LogP contribution in [0.1, 0.15) is 49.4 Å². The minimum atomic E-state index is -0.196. The lowest BCUT2D eigenvalue weighted by atomic mass is 9.95. The van der Waals surface area contributed by atoms with E-state index in [0.29, 0.717) is 12.6 Å². The van der Waals surface area contributed by atoms with Gasteiger partial charge in [-0.15, -0.1) is 0 Å². The molecule has 1 aromatic heterocycles. The quantitative estimate of drug-likeness (QED) is 0.900. The van der Waals surface area contributed by atoms with Crippen molar-refractivity contribution in [2.75, 3.05) is 5.32 Å². The molecule has 0 bridgehead atoms. The Morgan fingerprint density at radius 2 is 1.90 bits per heavy atom. The Bertz CT molecular complexity index is 583. The second-order valence-electron chi connectivity index (χ2n) is 5.89. The largest absolute Gasteiger partial charge is 0.352 e. The van der Waals surface area contributed by atoms with Gasteiger partial charge in [0.15, 0.2) is 0 Å². The maximum Gasteiger partial charge on any atom is 0.203 e. The Balaban J connectivity index is 1.71. The number of halogens is 1. The van der Waals surface area contributed by atoms with Crippen LogP contribution in [0.3, 0.4) is 0 Å². The number of benzene rings is 1. The van der Waals surface area contributed by atoms with Crippen molar-refractivity contribution in [2.45, 2.75) is 51.6 Å². The van der Waals surface area contributed by atoms with E-state index in [4.69, 9.17) is 0 Å². The average Bonchev–Trinajstić information content (AvgIpc) is 2.89. The van der Waals surface area contributed by atoms with Crippen LogP contribution in [-0.4, -0.2) is 9.55 Å². The zero-order valence-electron chi connectivity index (χ0n) is 12.5. The number of nitrogens with zero attached hydrogens (tertiary/aromatic N) is 2. The Labute approximate surface area is 125 Å². The van der Waals surface area contributed by atoms with Crippen LogP contribution in [0.2, 0.25) is 0 Å². The van der Waals surface area contributed by atoms with Crippen molar-refractivity contribution in [3.05, 3.63) is 47.5 Å². The van der Waals surface area contributed by atoms with Crippen LogP contribution < -0.4 is 5.32 Å². The first-order valence-corrected chi connectivity index (χ1v) is 7.76. The maximum absolute atomic E-state index is 12.9. The summed E-state index contributed by atoms with van der Waals surface area (Å²) in [6, 6.07) is 7.17. The summed E-state index contributed by atoms with van der Waals surface area (Å²) in [6.45, 7) is 2.70. The van der Waals surface area contributed by atoms with Crippen LogP contribution in [-0.2, 0) is 6.54 Å². The highest BCUT2D eigenvalue weighted by Crippen LogP contribution is 2.30. The highest BCUT2D eigenvalue weighted by Gasteiger charge is 2.18. The first-order chi connectivity index (χ1) is 10.2. The maximum atomic E-state index is 12.9. The third-order valence-electron chi connectivity index (χ3n) is 4.18. The molecule has 0 saturated heterocycles. The fraction of sp³-hybridized carbons (Fsp3) is 0.471. The van der Waals surface area contributed by atoms with E-state index in [0.717, 1.165) is 17.2 Å². The van der Waals surface area contributed by atoms with E-state index < -0.39 is 0 Å². The summed E-state index contributed by atoms with van der Waals surface area (Å²) >= 11 is 0. The Hall–Kier alpha value is -1.84. The van der Waals surface area contributed by atoms with Gasteiger partial charge in [-0.1, -0.05) is 31.4 Å². The second kappa shape index (κ2) is 6.29. The molecule has 0 aliphatic heterocycles. The highest BCUT2D eigenvalue weighted by molar-refractivity contribution is 5.32. The third kappa shape index (κ3) is 3.43.